The van der Waals surface area contributed by atoms with Gasteiger partial charge in [0, 0.05) is 52.7 Å². The van der Waals surface area contributed by atoms with Crippen molar-refractivity contribution in [3.8, 4) is 11.1 Å². The van der Waals surface area contributed by atoms with Crippen molar-refractivity contribution in [3.05, 3.63) is 96.1 Å². The standard InChI is InChI=1S/C29H26N2/c1-3-30-26-11-7-5-9-22(26)17-23-14-13-21(19-29(23)30)20-15-16-28-25(18-20)24-10-6-8-12-27(24)31(28)4-2/h5-16,18-19H,3-4,17H2,1-2H3. The maximum absolute atomic E-state index is 2.46. The zero-order chi connectivity index (χ0) is 20.9. The molecule has 152 valence electrons. The summed E-state index contributed by atoms with van der Waals surface area (Å²) in [6.07, 6.45) is 1.01. The highest BCUT2D eigenvalue weighted by Gasteiger charge is 2.21. The van der Waals surface area contributed by atoms with Gasteiger partial charge in [0.15, 0.2) is 0 Å². The van der Waals surface area contributed by atoms with Crippen LogP contribution in [0.3, 0.4) is 0 Å². The monoisotopic (exact) mass is 402 g/mol. The molecule has 4 aromatic carbocycles. The Bertz CT molecular complexity index is 1440. The third-order valence-electron chi connectivity index (χ3n) is 6.78. The van der Waals surface area contributed by atoms with E-state index in [1.165, 1.54) is 55.4 Å². The Balaban J connectivity index is 1.51. The molecule has 31 heavy (non-hydrogen) atoms. The van der Waals surface area contributed by atoms with Crippen LogP contribution in [0, 0.1) is 0 Å². The van der Waals surface area contributed by atoms with Crippen molar-refractivity contribution in [3.63, 3.8) is 0 Å². The van der Waals surface area contributed by atoms with Crippen molar-refractivity contribution in [1.29, 1.82) is 0 Å². The van der Waals surface area contributed by atoms with E-state index in [-0.39, 0.29) is 0 Å². The summed E-state index contributed by atoms with van der Waals surface area (Å²) in [6.45, 7) is 6.41. The summed E-state index contributed by atoms with van der Waals surface area (Å²) in [5.41, 5.74) is 10.7. The first-order valence-electron chi connectivity index (χ1n) is 11.3. The van der Waals surface area contributed by atoms with Gasteiger partial charge in [0.05, 0.1) is 0 Å². The van der Waals surface area contributed by atoms with Gasteiger partial charge in [-0.1, -0.05) is 54.6 Å². The molecule has 2 nitrogen and oxygen atoms in total. The first kappa shape index (κ1) is 18.3. The Labute approximate surface area is 183 Å². The van der Waals surface area contributed by atoms with E-state index in [1.807, 2.05) is 0 Å². The van der Waals surface area contributed by atoms with E-state index < -0.39 is 0 Å². The summed E-state index contributed by atoms with van der Waals surface area (Å²) in [5.74, 6) is 0. The largest absolute Gasteiger partial charge is 0.341 e. The van der Waals surface area contributed by atoms with Crippen molar-refractivity contribution in [2.45, 2.75) is 26.8 Å². The Hall–Kier alpha value is -3.52. The highest BCUT2D eigenvalue weighted by molar-refractivity contribution is 6.09. The molecule has 2 heterocycles. The summed E-state index contributed by atoms with van der Waals surface area (Å²) in [4.78, 5) is 2.46. The average molecular weight is 403 g/mol. The maximum Gasteiger partial charge on any atom is 0.0491 e. The van der Waals surface area contributed by atoms with Crippen molar-refractivity contribution < 1.29 is 0 Å². The number of aromatic nitrogens is 1. The highest BCUT2D eigenvalue weighted by Crippen LogP contribution is 2.41. The van der Waals surface area contributed by atoms with E-state index in [1.54, 1.807) is 0 Å². The van der Waals surface area contributed by atoms with Gasteiger partial charge in [-0.05, 0) is 66.4 Å². The SMILES string of the molecule is CCN1c2ccccc2Cc2ccc(-c3ccc4c(c3)c3ccccc3n4CC)cc21. The summed E-state index contributed by atoms with van der Waals surface area (Å²) in [5, 5.41) is 2.67. The summed E-state index contributed by atoms with van der Waals surface area (Å²) in [6, 6.07) is 31.5. The molecule has 0 bridgehead atoms. The van der Waals surface area contributed by atoms with Crippen molar-refractivity contribution in [2.75, 3.05) is 11.4 Å². The van der Waals surface area contributed by atoms with Crippen LogP contribution in [0.25, 0.3) is 32.9 Å². The van der Waals surface area contributed by atoms with Crippen LogP contribution in [0.1, 0.15) is 25.0 Å². The minimum absolute atomic E-state index is 0.969. The van der Waals surface area contributed by atoms with Crippen LogP contribution in [0.5, 0.6) is 0 Å². The van der Waals surface area contributed by atoms with Gasteiger partial charge in [0.2, 0.25) is 0 Å². The number of aryl methyl sites for hydroxylation is 1. The van der Waals surface area contributed by atoms with Gasteiger partial charge in [-0.15, -0.1) is 0 Å². The number of benzene rings is 4. The minimum Gasteiger partial charge on any atom is -0.341 e. The van der Waals surface area contributed by atoms with E-state index in [9.17, 15) is 0 Å². The van der Waals surface area contributed by atoms with Gasteiger partial charge in [-0.25, -0.2) is 0 Å². The average Bonchev–Trinajstić information content (AvgIpc) is 3.15. The number of para-hydroxylation sites is 2. The molecule has 0 atom stereocenters. The fourth-order valence-electron chi connectivity index (χ4n) is 5.32. The van der Waals surface area contributed by atoms with Crippen molar-refractivity contribution in [2.24, 2.45) is 0 Å². The molecule has 0 spiro atoms. The smallest absolute Gasteiger partial charge is 0.0491 e. The van der Waals surface area contributed by atoms with Crippen LogP contribution in [0.15, 0.2) is 84.9 Å². The molecule has 0 saturated heterocycles. The highest BCUT2D eigenvalue weighted by atomic mass is 15.1. The Kier molecular flexibility index (Phi) is 4.14. The maximum atomic E-state index is 2.46. The number of fused-ring (bicyclic) bond motifs is 5. The zero-order valence-electron chi connectivity index (χ0n) is 18.1. The number of nitrogens with zero attached hydrogens (tertiary/aromatic N) is 2. The van der Waals surface area contributed by atoms with E-state index in [0.717, 1.165) is 19.5 Å². The predicted molar refractivity (Wildman–Crippen MR) is 132 cm³/mol. The van der Waals surface area contributed by atoms with Gasteiger partial charge in [-0.3, -0.25) is 0 Å². The molecular weight excluding hydrogens is 376 g/mol. The molecule has 0 N–H and O–H groups in total. The molecule has 0 radical (unpaired) electrons. The van der Waals surface area contributed by atoms with Crippen LogP contribution in [0.4, 0.5) is 11.4 Å². The molecule has 5 aromatic rings. The number of anilines is 2. The van der Waals surface area contributed by atoms with Gasteiger partial charge in [0.25, 0.3) is 0 Å². The molecule has 0 saturated carbocycles. The van der Waals surface area contributed by atoms with E-state index in [2.05, 4.69) is 108 Å². The topological polar surface area (TPSA) is 8.17 Å². The van der Waals surface area contributed by atoms with Crippen molar-refractivity contribution >= 4 is 33.2 Å². The number of rotatable bonds is 3. The van der Waals surface area contributed by atoms with Crippen molar-refractivity contribution in [1.82, 2.24) is 4.57 Å². The molecule has 0 aliphatic carbocycles. The van der Waals surface area contributed by atoms with E-state index in [4.69, 9.17) is 0 Å². The molecule has 0 fully saturated rings. The van der Waals surface area contributed by atoms with Crippen LogP contribution in [-0.4, -0.2) is 11.1 Å². The lowest BCUT2D eigenvalue weighted by molar-refractivity contribution is 0.827. The summed E-state index contributed by atoms with van der Waals surface area (Å²) >= 11 is 0. The molecule has 0 amide bonds. The lowest BCUT2D eigenvalue weighted by Gasteiger charge is -2.33. The zero-order valence-corrected chi connectivity index (χ0v) is 18.1. The fourth-order valence-corrected chi connectivity index (χ4v) is 5.32. The quantitative estimate of drug-likeness (QED) is 0.302. The second-order valence-corrected chi connectivity index (χ2v) is 8.39. The second-order valence-electron chi connectivity index (χ2n) is 8.39. The van der Waals surface area contributed by atoms with Gasteiger partial charge >= 0.3 is 0 Å². The summed E-state index contributed by atoms with van der Waals surface area (Å²) in [7, 11) is 0. The lowest BCUT2D eigenvalue weighted by atomic mass is 9.92. The van der Waals surface area contributed by atoms with E-state index in [0.29, 0.717) is 0 Å². The van der Waals surface area contributed by atoms with Gasteiger partial charge < -0.3 is 9.47 Å². The Morgan fingerprint density at radius 1 is 0.613 bits per heavy atom. The van der Waals surface area contributed by atoms with Crippen LogP contribution >= 0.6 is 0 Å². The fraction of sp³-hybridized carbons (Fsp3) is 0.172. The van der Waals surface area contributed by atoms with Crippen LogP contribution < -0.4 is 4.90 Å². The third-order valence-corrected chi connectivity index (χ3v) is 6.78. The Morgan fingerprint density at radius 2 is 1.32 bits per heavy atom. The second kappa shape index (κ2) is 7.02. The molecule has 1 aliphatic heterocycles. The molecule has 6 rings (SSSR count). The normalized spacial score (nSPS) is 12.9. The predicted octanol–water partition coefficient (Wildman–Crippen LogP) is 7.54. The molecule has 1 aromatic heterocycles. The molecular formula is C29H26N2. The Morgan fingerprint density at radius 3 is 2.19 bits per heavy atom. The van der Waals surface area contributed by atoms with Gasteiger partial charge in [-0.2, -0.15) is 0 Å². The van der Waals surface area contributed by atoms with E-state index >= 15 is 0 Å². The lowest BCUT2D eigenvalue weighted by Crippen LogP contribution is -2.22. The molecule has 1 aliphatic rings. The first-order chi connectivity index (χ1) is 15.3. The number of hydrogen-bond donors (Lipinski definition) is 0. The third kappa shape index (κ3) is 2.71. The first-order valence-corrected chi connectivity index (χ1v) is 11.3. The minimum atomic E-state index is 0.969. The summed E-state index contributed by atoms with van der Waals surface area (Å²) < 4.78 is 2.41. The van der Waals surface area contributed by atoms with Crippen LogP contribution in [0.2, 0.25) is 0 Å². The number of hydrogen-bond acceptors (Lipinski definition) is 1. The molecule has 2 heteroatoms. The van der Waals surface area contributed by atoms with Gasteiger partial charge in [0.1, 0.15) is 0 Å². The van der Waals surface area contributed by atoms with Crippen LogP contribution in [-0.2, 0) is 13.0 Å². The molecule has 0 unspecified atom stereocenters.